The first-order valence-electron chi connectivity index (χ1n) is 6.10. The van der Waals surface area contributed by atoms with Gasteiger partial charge in [0.2, 0.25) is 0 Å². The van der Waals surface area contributed by atoms with E-state index >= 15 is 0 Å². The lowest BCUT2D eigenvalue weighted by molar-refractivity contribution is 1.12. The first-order valence-corrected chi connectivity index (χ1v) is 6.10. The minimum Gasteiger partial charge on any atom is -0.364 e. The fourth-order valence-corrected chi connectivity index (χ4v) is 2.65. The maximum atomic E-state index is 3.31. The molecule has 3 aromatic rings. The topological polar surface area (TPSA) is 47.4 Å². The molecule has 0 atom stereocenters. The van der Waals surface area contributed by atoms with Crippen molar-refractivity contribution in [1.29, 1.82) is 0 Å². The van der Waals surface area contributed by atoms with Gasteiger partial charge in [0.1, 0.15) is 0 Å². The van der Waals surface area contributed by atoms with Gasteiger partial charge in [-0.25, -0.2) is 0 Å². The van der Waals surface area contributed by atoms with Crippen LogP contribution in [0.1, 0.15) is 23.0 Å². The van der Waals surface area contributed by atoms with Crippen LogP contribution >= 0.6 is 0 Å². The molecule has 0 aromatic carbocycles. The molecule has 4 rings (SSSR count). The Hall–Kier alpha value is -2.42. The van der Waals surface area contributed by atoms with E-state index in [0.29, 0.717) is 5.92 Å². The van der Waals surface area contributed by atoms with Crippen molar-refractivity contribution in [2.75, 3.05) is 0 Å². The van der Waals surface area contributed by atoms with E-state index < -0.39 is 0 Å². The Bertz CT molecular complexity index is 626. The third-order valence-electron chi connectivity index (χ3n) is 3.49. The largest absolute Gasteiger partial charge is 0.364 e. The predicted octanol–water partition coefficient (Wildman–Crippen LogP) is 3.38. The van der Waals surface area contributed by atoms with Crippen molar-refractivity contribution in [3.63, 3.8) is 0 Å². The van der Waals surface area contributed by atoms with Crippen LogP contribution in [-0.2, 0) is 0 Å². The molecule has 3 heterocycles. The zero-order chi connectivity index (χ0) is 11.9. The molecule has 0 radical (unpaired) electrons. The summed E-state index contributed by atoms with van der Waals surface area (Å²) in [6.45, 7) is 0. The number of rotatable bonds is 3. The van der Waals surface area contributed by atoms with Crippen molar-refractivity contribution >= 4 is 11.1 Å². The van der Waals surface area contributed by atoms with Crippen LogP contribution in [0.2, 0.25) is 0 Å². The summed E-state index contributed by atoms with van der Waals surface area (Å²) in [7, 11) is 0. The fourth-order valence-electron chi connectivity index (χ4n) is 2.65. The molecule has 3 heteroatoms. The molecule has 1 aliphatic carbocycles. The number of nitrogens with one attached hydrogen (secondary N) is 3. The number of aromatic amines is 3. The second kappa shape index (κ2) is 3.53. The Kier molecular flexibility index (Phi) is 1.88. The number of allylic oxidation sites excluding steroid dienone is 2. The monoisotopic (exact) mass is 235 g/mol. The quantitative estimate of drug-likeness (QED) is 0.623. The van der Waals surface area contributed by atoms with E-state index in [0.717, 1.165) is 0 Å². The third-order valence-corrected chi connectivity index (χ3v) is 3.49. The smallest absolute Gasteiger partial charge is 0.0539 e. The van der Waals surface area contributed by atoms with Gasteiger partial charge >= 0.3 is 0 Å². The van der Waals surface area contributed by atoms with Crippen LogP contribution in [0.5, 0.6) is 0 Å². The first-order chi connectivity index (χ1) is 8.95. The maximum absolute atomic E-state index is 3.31. The van der Waals surface area contributed by atoms with E-state index in [1.165, 1.54) is 28.2 Å². The minimum absolute atomic E-state index is 0.386. The standard InChI is InChI=1S/C15H13N3/c1-4-10(16-7-1)13-14(11-5-2-8-17-11)15(13)12-6-3-9-18-12/h1-9,13,16-18H. The summed E-state index contributed by atoms with van der Waals surface area (Å²) < 4.78 is 0. The highest BCUT2D eigenvalue weighted by molar-refractivity contribution is 6.13. The Labute approximate surface area is 105 Å². The molecule has 3 aromatic heterocycles. The summed E-state index contributed by atoms with van der Waals surface area (Å²) in [4.78, 5) is 9.91. The normalized spacial score (nSPS) is 15.3. The molecule has 3 nitrogen and oxygen atoms in total. The van der Waals surface area contributed by atoms with Gasteiger partial charge in [-0.2, -0.15) is 0 Å². The van der Waals surface area contributed by atoms with Crippen LogP contribution < -0.4 is 0 Å². The van der Waals surface area contributed by atoms with E-state index in [1.807, 2.05) is 36.8 Å². The maximum Gasteiger partial charge on any atom is 0.0539 e. The predicted molar refractivity (Wildman–Crippen MR) is 71.9 cm³/mol. The zero-order valence-corrected chi connectivity index (χ0v) is 9.77. The molecule has 88 valence electrons. The van der Waals surface area contributed by atoms with E-state index in [9.17, 15) is 0 Å². The summed E-state index contributed by atoms with van der Waals surface area (Å²) in [5.41, 5.74) is 6.43. The van der Waals surface area contributed by atoms with Crippen molar-refractivity contribution in [3.05, 3.63) is 72.1 Å². The molecule has 18 heavy (non-hydrogen) atoms. The SMILES string of the molecule is c1c[nH]c(C2=C(c3ccc[nH]3)C2c2ccc[nH]2)c1. The van der Waals surface area contributed by atoms with Gasteiger partial charge in [-0.05, 0) is 47.5 Å². The second-order valence-electron chi connectivity index (χ2n) is 4.55. The van der Waals surface area contributed by atoms with Crippen molar-refractivity contribution in [2.24, 2.45) is 0 Å². The Morgan fingerprint density at radius 2 is 1.22 bits per heavy atom. The lowest BCUT2D eigenvalue weighted by atomic mass is 10.1. The lowest BCUT2D eigenvalue weighted by Crippen LogP contribution is -1.85. The molecule has 0 bridgehead atoms. The average Bonchev–Trinajstić information content (AvgIpc) is 3.00. The molecule has 0 saturated carbocycles. The molecule has 0 aliphatic heterocycles. The van der Waals surface area contributed by atoms with Crippen LogP contribution in [0.3, 0.4) is 0 Å². The van der Waals surface area contributed by atoms with Gasteiger partial charge < -0.3 is 15.0 Å². The van der Waals surface area contributed by atoms with Gasteiger partial charge in [0.25, 0.3) is 0 Å². The van der Waals surface area contributed by atoms with Crippen LogP contribution in [0.4, 0.5) is 0 Å². The number of aromatic nitrogens is 3. The molecule has 0 saturated heterocycles. The van der Waals surface area contributed by atoms with Gasteiger partial charge in [-0.1, -0.05) is 0 Å². The van der Waals surface area contributed by atoms with Gasteiger partial charge in [-0.3, -0.25) is 0 Å². The number of hydrogen-bond donors (Lipinski definition) is 3. The fraction of sp³-hybridized carbons (Fsp3) is 0.0667. The van der Waals surface area contributed by atoms with E-state index in [4.69, 9.17) is 0 Å². The van der Waals surface area contributed by atoms with Crippen LogP contribution in [0, 0.1) is 0 Å². The Morgan fingerprint density at radius 3 is 1.67 bits per heavy atom. The van der Waals surface area contributed by atoms with Crippen LogP contribution in [-0.4, -0.2) is 15.0 Å². The number of H-pyrrole nitrogens is 3. The second-order valence-corrected chi connectivity index (χ2v) is 4.55. The molecule has 1 aliphatic rings. The third kappa shape index (κ3) is 1.31. The molecule has 0 fully saturated rings. The van der Waals surface area contributed by atoms with Gasteiger partial charge in [0.05, 0.1) is 5.92 Å². The highest BCUT2D eigenvalue weighted by Crippen LogP contribution is 2.58. The van der Waals surface area contributed by atoms with Crippen molar-refractivity contribution in [1.82, 2.24) is 15.0 Å². The van der Waals surface area contributed by atoms with Gasteiger partial charge in [0.15, 0.2) is 0 Å². The van der Waals surface area contributed by atoms with E-state index in [2.05, 4.69) is 33.2 Å². The van der Waals surface area contributed by atoms with Crippen LogP contribution in [0.25, 0.3) is 11.1 Å². The summed E-state index contributed by atoms with van der Waals surface area (Å²) in [5.74, 6) is 0.386. The molecule has 0 amide bonds. The van der Waals surface area contributed by atoms with Crippen molar-refractivity contribution in [2.45, 2.75) is 5.92 Å². The van der Waals surface area contributed by atoms with Gasteiger partial charge in [-0.15, -0.1) is 0 Å². The highest BCUT2D eigenvalue weighted by atomic mass is 14.8. The van der Waals surface area contributed by atoms with Crippen molar-refractivity contribution < 1.29 is 0 Å². The highest BCUT2D eigenvalue weighted by Gasteiger charge is 2.41. The first kappa shape index (κ1) is 9.59. The van der Waals surface area contributed by atoms with E-state index in [-0.39, 0.29) is 0 Å². The zero-order valence-electron chi connectivity index (χ0n) is 9.77. The molecule has 3 N–H and O–H groups in total. The van der Waals surface area contributed by atoms with Crippen molar-refractivity contribution in [3.8, 4) is 0 Å². The molecular weight excluding hydrogens is 222 g/mol. The van der Waals surface area contributed by atoms with Gasteiger partial charge in [0, 0.05) is 35.7 Å². The average molecular weight is 235 g/mol. The van der Waals surface area contributed by atoms with Crippen LogP contribution in [0.15, 0.2) is 55.0 Å². The summed E-state index contributed by atoms with van der Waals surface area (Å²) in [6, 6.07) is 12.5. The van der Waals surface area contributed by atoms with E-state index in [1.54, 1.807) is 0 Å². The summed E-state index contributed by atoms with van der Waals surface area (Å²) in [5, 5.41) is 0. The Balaban J connectivity index is 1.80. The molecule has 0 unspecified atom stereocenters. The molecular formula is C15H13N3. The molecule has 0 spiro atoms. The lowest BCUT2D eigenvalue weighted by Gasteiger charge is -1.97. The summed E-state index contributed by atoms with van der Waals surface area (Å²) >= 11 is 0. The number of hydrogen-bond acceptors (Lipinski definition) is 0. The summed E-state index contributed by atoms with van der Waals surface area (Å²) in [6.07, 6.45) is 5.92. The minimum atomic E-state index is 0.386. The Morgan fingerprint density at radius 1 is 0.667 bits per heavy atom.